The van der Waals surface area contributed by atoms with Crippen molar-refractivity contribution in [3.05, 3.63) is 124 Å². The van der Waals surface area contributed by atoms with E-state index >= 15 is 0 Å². The highest BCUT2D eigenvalue weighted by atomic mass is 16.6. The number of ether oxygens (including phenoxy) is 4. The van der Waals surface area contributed by atoms with Gasteiger partial charge in [0.05, 0.1) is 32.0 Å². The zero-order valence-corrected chi connectivity index (χ0v) is 29.5. The summed E-state index contributed by atoms with van der Waals surface area (Å²) in [5.41, 5.74) is 10.8. The normalized spacial score (nSPS) is 19.8. The Morgan fingerprint density at radius 1 is 0.981 bits per heavy atom. The molecule has 3 aromatic carbocycles. The topological polar surface area (TPSA) is 167 Å². The lowest BCUT2D eigenvalue weighted by molar-refractivity contribution is -0.101. The first-order chi connectivity index (χ1) is 25.6. The van der Waals surface area contributed by atoms with E-state index in [0.29, 0.717) is 68.4 Å². The molecule has 12 heteroatoms. The number of phenolic OH excluding ortho intramolecular Hbond substituents is 1. The number of pyridine rings is 1. The van der Waals surface area contributed by atoms with Gasteiger partial charge in [-0.3, -0.25) is 9.59 Å². The predicted molar refractivity (Wildman–Crippen MR) is 201 cm³/mol. The molecule has 276 valence electrons. The fourth-order valence-corrected chi connectivity index (χ4v) is 6.65. The number of benzene rings is 3. The third-order valence-electron chi connectivity index (χ3n) is 9.73. The van der Waals surface area contributed by atoms with Crippen LogP contribution in [-0.2, 0) is 20.8 Å². The Morgan fingerprint density at radius 3 is 2.43 bits per heavy atom. The van der Waals surface area contributed by atoms with Crippen molar-refractivity contribution >= 4 is 22.7 Å². The summed E-state index contributed by atoms with van der Waals surface area (Å²) in [6.07, 6.45) is 7.18. The molecule has 2 saturated heterocycles. The maximum Gasteiger partial charge on any atom is 0.261 e. The molecule has 12 nitrogen and oxygen atoms in total. The number of nitrogens with zero attached hydrogens (tertiary/aromatic N) is 1. The number of aromatic hydroxyl groups is 1. The number of rotatable bonds is 10. The van der Waals surface area contributed by atoms with E-state index < -0.39 is 23.1 Å². The van der Waals surface area contributed by atoms with Crippen molar-refractivity contribution in [3.8, 4) is 22.6 Å². The van der Waals surface area contributed by atoms with E-state index in [9.17, 15) is 19.8 Å². The third-order valence-corrected chi connectivity index (χ3v) is 9.73. The minimum atomic E-state index is -1.02. The van der Waals surface area contributed by atoms with Crippen LogP contribution in [0.3, 0.4) is 0 Å². The number of nitrogens with one attached hydrogen (secondary N) is 2. The largest absolute Gasteiger partial charge is 0.504 e. The van der Waals surface area contributed by atoms with Crippen molar-refractivity contribution < 1.29 is 34.0 Å². The van der Waals surface area contributed by atoms with Gasteiger partial charge in [0.25, 0.3) is 5.91 Å². The number of phenols is 1. The Morgan fingerprint density at radius 2 is 1.72 bits per heavy atom. The average molecular weight is 721 g/mol. The Labute approximate surface area is 307 Å². The first-order valence-electron chi connectivity index (χ1n) is 17.8. The number of nitrogens with two attached hydrogens (primary N) is 1. The Hall–Kier alpha value is -5.24. The summed E-state index contributed by atoms with van der Waals surface area (Å²) in [4.78, 5) is 27.5. The van der Waals surface area contributed by atoms with Crippen LogP contribution in [-0.4, -0.2) is 78.2 Å². The van der Waals surface area contributed by atoms with Gasteiger partial charge < -0.3 is 50.1 Å². The van der Waals surface area contributed by atoms with Gasteiger partial charge in [-0.1, -0.05) is 48.0 Å². The number of allylic oxidation sites excluding steroid dienone is 2. The summed E-state index contributed by atoms with van der Waals surface area (Å²) in [7, 11) is 0. The van der Waals surface area contributed by atoms with Crippen LogP contribution in [0, 0.1) is 6.92 Å². The molecule has 3 aliphatic heterocycles. The average Bonchev–Trinajstić information content (AvgIpc) is 3.16. The second kappa shape index (κ2) is 15.8. The highest BCUT2D eigenvalue weighted by Gasteiger charge is 2.31. The second-order valence-electron chi connectivity index (χ2n) is 13.7. The van der Waals surface area contributed by atoms with E-state index in [2.05, 4.69) is 10.6 Å². The minimum absolute atomic E-state index is 0.000609. The van der Waals surface area contributed by atoms with Gasteiger partial charge in [-0.15, -0.1) is 0 Å². The zero-order chi connectivity index (χ0) is 37.0. The lowest BCUT2D eigenvalue weighted by Gasteiger charge is -2.33. The van der Waals surface area contributed by atoms with Crippen LogP contribution >= 0.6 is 0 Å². The molecule has 0 spiro atoms. The van der Waals surface area contributed by atoms with Crippen LogP contribution in [0.15, 0.2) is 96.2 Å². The Bertz CT molecular complexity index is 2060. The molecule has 2 atom stereocenters. The lowest BCUT2D eigenvalue weighted by Crippen LogP contribution is -2.40. The Balaban J connectivity index is 1.08. The smallest absolute Gasteiger partial charge is 0.261 e. The molecule has 4 aromatic rings. The van der Waals surface area contributed by atoms with Crippen molar-refractivity contribution in [1.29, 1.82) is 0 Å². The van der Waals surface area contributed by atoms with Crippen LogP contribution in [0.5, 0.6) is 11.5 Å². The van der Waals surface area contributed by atoms with Crippen LogP contribution in [0.4, 0.5) is 5.69 Å². The summed E-state index contributed by atoms with van der Waals surface area (Å²) >= 11 is 0. The summed E-state index contributed by atoms with van der Waals surface area (Å²) in [6.45, 7) is 4.87. The first kappa shape index (κ1) is 36.1. The molecule has 7 rings (SSSR count). The van der Waals surface area contributed by atoms with Gasteiger partial charge in [0.15, 0.2) is 11.5 Å². The molecule has 1 amide bonds. The number of amides is 1. The van der Waals surface area contributed by atoms with Gasteiger partial charge in [-0.25, -0.2) is 0 Å². The van der Waals surface area contributed by atoms with Gasteiger partial charge in [0, 0.05) is 55.9 Å². The van der Waals surface area contributed by atoms with Gasteiger partial charge in [-0.05, 0) is 65.1 Å². The van der Waals surface area contributed by atoms with Crippen LogP contribution in [0.1, 0.15) is 39.9 Å². The molecule has 0 aliphatic carbocycles. The van der Waals surface area contributed by atoms with E-state index in [0.717, 1.165) is 27.8 Å². The molecule has 4 heterocycles. The summed E-state index contributed by atoms with van der Waals surface area (Å²) in [5.74, 6) is -0.208. The molecule has 1 unspecified atom stereocenters. The van der Waals surface area contributed by atoms with Crippen molar-refractivity contribution in [1.82, 2.24) is 9.88 Å². The van der Waals surface area contributed by atoms with Crippen molar-refractivity contribution in [2.75, 3.05) is 45.0 Å². The SMILES string of the molecule is Cc1ccc(-c2cn(CC3(O)CCOCC3)cc(C(=O)Nc3ccc(C4=CC(c5ccc(OC[C@H]6COCCO6)c(O)c5)=CNC4N)cc3)c2=O)cc1. The maximum absolute atomic E-state index is 13.8. The number of anilines is 1. The highest BCUT2D eigenvalue weighted by molar-refractivity contribution is 6.04. The fraction of sp³-hybridized carbons (Fsp3) is 0.317. The fourth-order valence-electron chi connectivity index (χ4n) is 6.65. The van der Waals surface area contributed by atoms with Crippen molar-refractivity contribution in [2.24, 2.45) is 5.73 Å². The number of carbonyl (C=O) groups is 1. The van der Waals surface area contributed by atoms with E-state index in [1.807, 2.05) is 55.5 Å². The van der Waals surface area contributed by atoms with Crippen molar-refractivity contribution in [3.63, 3.8) is 0 Å². The number of carbonyl (C=O) groups excluding carboxylic acids is 1. The van der Waals surface area contributed by atoms with Crippen LogP contribution in [0.2, 0.25) is 0 Å². The predicted octanol–water partition coefficient (Wildman–Crippen LogP) is 4.43. The summed E-state index contributed by atoms with van der Waals surface area (Å²) in [5, 5.41) is 28.0. The number of aliphatic hydroxyl groups is 1. The molecular formula is C41H44N4O8. The monoisotopic (exact) mass is 720 g/mol. The number of aromatic nitrogens is 1. The molecule has 2 fully saturated rings. The highest BCUT2D eigenvalue weighted by Crippen LogP contribution is 2.33. The molecule has 0 radical (unpaired) electrons. The van der Waals surface area contributed by atoms with Gasteiger partial charge >= 0.3 is 0 Å². The van der Waals surface area contributed by atoms with Gasteiger partial charge in [-0.2, -0.15) is 0 Å². The first-order valence-corrected chi connectivity index (χ1v) is 17.8. The van der Waals surface area contributed by atoms with E-state index in [4.69, 9.17) is 24.7 Å². The second-order valence-corrected chi connectivity index (χ2v) is 13.7. The molecule has 1 aromatic heterocycles. The number of dihydropyridines is 1. The van der Waals surface area contributed by atoms with E-state index in [1.54, 1.807) is 41.2 Å². The zero-order valence-electron chi connectivity index (χ0n) is 29.5. The minimum Gasteiger partial charge on any atom is -0.504 e. The summed E-state index contributed by atoms with van der Waals surface area (Å²) < 4.78 is 24.0. The lowest BCUT2D eigenvalue weighted by atomic mass is 9.94. The Kier molecular flexibility index (Phi) is 10.8. The maximum atomic E-state index is 13.8. The van der Waals surface area contributed by atoms with Crippen LogP contribution < -0.4 is 26.5 Å². The molecule has 0 bridgehead atoms. The standard InChI is InChI=1S/C41H44N4O8/c1-26-2-4-28(5-3-26)34-21-45(25-41(49)12-14-50-15-13-41)22-35(38(34)47)40(48)44-31-9-6-27(7-10-31)33-18-30(20-43-39(33)42)29-8-11-37(36(46)19-29)53-24-32-23-51-16-17-52-32/h2-11,18-22,32,39,43,46,49H,12-17,23-25,42H2,1H3,(H,44,48)/t32-,39?/m1/s1. The molecule has 0 saturated carbocycles. The number of hydrogen-bond acceptors (Lipinski definition) is 10. The van der Waals surface area contributed by atoms with Gasteiger partial charge in [0.1, 0.15) is 24.4 Å². The molecule has 53 heavy (non-hydrogen) atoms. The van der Waals surface area contributed by atoms with E-state index in [1.165, 1.54) is 6.20 Å². The number of hydrogen-bond donors (Lipinski definition) is 5. The van der Waals surface area contributed by atoms with Gasteiger partial charge in [0.2, 0.25) is 5.43 Å². The third kappa shape index (κ3) is 8.54. The number of aryl methyl sites for hydroxylation is 1. The molecule has 3 aliphatic rings. The summed E-state index contributed by atoms with van der Waals surface area (Å²) in [6, 6.07) is 20.0. The van der Waals surface area contributed by atoms with E-state index in [-0.39, 0.29) is 30.6 Å². The van der Waals surface area contributed by atoms with Crippen LogP contribution in [0.25, 0.3) is 22.3 Å². The molecule has 6 N–H and O–H groups in total. The van der Waals surface area contributed by atoms with Crippen molar-refractivity contribution in [2.45, 2.75) is 44.2 Å². The molecular weight excluding hydrogens is 676 g/mol. The quantitative estimate of drug-likeness (QED) is 0.158.